The zero-order valence-corrected chi connectivity index (χ0v) is 21.5. The summed E-state index contributed by atoms with van der Waals surface area (Å²) in [6.07, 6.45) is -0.944. The van der Waals surface area contributed by atoms with E-state index in [9.17, 15) is 22.8 Å². The Labute approximate surface area is 218 Å². The molecule has 4 rings (SSSR count). The van der Waals surface area contributed by atoms with Gasteiger partial charge in [0.15, 0.2) is 5.75 Å². The van der Waals surface area contributed by atoms with Crippen LogP contribution in [0.4, 0.5) is 19.1 Å². The van der Waals surface area contributed by atoms with Crippen molar-refractivity contribution in [3.63, 3.8) is 0 Å². The third-order valence-corrected chi connectivity index (χ3v) is 6.99. The van der Waals surface area contributed by atoms with Gasteiger partial charge in [-0.15, -0.1) is 0 Å². The number of hydrogen-bond acceptors (Lipinski definition) is 9. The fourth-order valence-electron chi connectivity index (χ4n) is 4.35. The van der Waals surface area contributed by atoms with Gasteiger partial charge in [-0.25, -0.2) is 15.1 Å². The number of anilines is 1. The van der Waals surface area contributed by atoms with Gasteiger partial charge in [0, 0.05) is 51.6 Å². The molecular weight excluding hydrogens is 565 g/mol. The van der Waals surface area contributed by atoms with Crippen molar-refractivity contribution < 1.29 is 32.2 Å². The minimum atomic E-state index is -4.48. The van der Waals surface area contributed by atoms with E-state index in [0.717, 1.165) is 12.4 Å². The smallest absolute Gasteiger partial charge is 0.419 e. The van der Waals surface area contributed by atoms with Gasteiger partial charge in [-0.1, -0.05) is 0 Å². The number of ether oxygens (including phenoxy) is 3. The van der Waals surface area contributed by atoms with Crippen LogP contribution in [0.5, 0.6) is 5.75 Å². The molecule has 0 unspecified atom stereocenters. The Kier molecular flexibility index (Phi) is 8.64. The quantitative estimate of drug-likeness (QED) is 0.467. The normalized spacial score (nSPS) is 19.9. The second kappa shape index (κ2) is 11.7. The molecule has 1 N–H and O–H groups in total. The van der Waals surface area contributed by atoms with E-state index < -0.39 is 29.5 Å². The molecule has 2 fully saturated rings. The number of methoxy groups -OCH3 is 1. The van der Waals surface area contributed by atoms with E-state index in [1.54, 1.807) is 4.90 Å². The van der Waals surface area contributed by atoms with Gasteiger partial charge in [0.05, 0.1) is 25.0 Å². The molecule has 0 bridgehead atoms. The van der Waals surface area contributed by atoms with Crippen LogP contribution in [0.2, 0.25) is 0 Å². The molecular formula is C22H26BrF3N6O5. The van der Waals surface area contributed by atoms with E-state index in [1.165, 1.54) is 13.3 Å². The fourth-order valence-corrected chi connectivity index (χ4v) is 4.64. The number of amides is 1. The first-order valence-electron chi connectivity index (χ1n) is 11.6. The molecule has 4 heterocycles. The topological polar surface area (TPSA) is 123 Å². The van der Waals surface area contributed by atoms with E-state index in [1.807, 2.05) is 4.90 Å². The van der Waals surface area contributed by atoms with Crippen LogP contribution in [-0.4, -0.2) is 89.2 Å². The van der Waals surface area contributed by atoms with Crippen LogP contribution in [0.1, 0.15) is 24.8 Å². The van der Waals surface area contributed by atoms with E-state index in [2.05, 4.69) is 36.1 Å². The van der Waals surface area contributed by atoms with E-state index in [0.29, 0.717) is 38.9 Å². The first-order chi connectivity index (χ1) is 17.7. The van der Waals surface area contributed by atoms with Crippen molar-refractivity contribution in [1.82, 2.24) is 25.1 Å². The Morgan fingerprint density at radius 1 is 1.11 bits per heavy atom. The number of nitrogens with zero attached hydrogens (tertiary/aromatic N) is 5. The molecule has 2 aromatic rings. The van der Waals surface area contributed by atoms with E-state index in [4.69, 9.17) is 14.2 Å². The number of likely N-dealkylation sites (tertiary alicyclic amines) is 1. The number of piperidine rings is 1. The molecule has 2 aliphatic rings. The lowest BCUT2D eigenvalue weighted by Crippen LogP contribution is -2.47. The van der Waals surface area contributed by atoms with Crippen molar-refractivity contribution in [3.05, 3.63) is 39.0 Å². The van der Waals surface area contributed by atoms with Crippen molar-refractivity contribution in [2.24, 2.45) is 0 Å². The molecule has 37 heavy (non-hydrogen) atoms. The summed E-state index contributed by atoms with van der Waals surface area (Å²) < 4.78 is 55.3. The predicted octanol–water partition coefficient (Wildman–Crippen LogP) is 2.02. The summed E-state index contributed by atoms with van der Waals surface area (Å²) in [6, 6.07) is -0.00380. The maximum absolute atomic E-state index is 13.0. The number of hydrogen-bond donors (Lipinski definition) is 1. The highest BCUT2D eigenvalue weighted by atomic mass is 79.9. The van der Waals surface area contributed by atoms with Gasteiger partial charge in [0.2, 0.25) is 5.95 Å². The summed E-state index contributed by atoms with van der Waals surface area (Å²) in [5, 5.41) is 6.00. The van der Waals surface area contributed by atoms with Crippen LogP contribution in [0.25, 0.3) is 0 Å². The van der Waals surface area contributed by atoms with Gasteiger partial charge in [-0.3, -0.25) is 9.59 Å². The SMILES string of the molecule is COC[C@@H](CO[C@@H]1CCN(C2CCN(c3ncc(C(F)(F)F)cn3)CC2)C1=O)Oc1cn[nH]c(=O)c1Br. The Bertz CT molecular complexity index is 1130. The second-order valence-electron chi connectivity index (χ2n) is 8.70. The van der Waals surface area contributed by atoms with Crippen molar-refractivity contribution >= 4 is 27.8 Å². The van der Waals surface area contributed by atoms with Crippen LogP contribution in [0.15, 0.2) is 27.9 Å². The average Bonchev–Trinajstić information content (AvgIpc) is 3.25. The molecule has 0 radical (unpaired) electrons. The highest BCUT2D eigenvalue weighted by Crippen LogP contribution is 2.30. The third kappa shape index (κ3) is 6.57. The van der Waals surface area contributed by atoms with Crippen molar-refractivity contribution in [2.45, 2.75) is 43.7 Å². The maximum Gasteiger partial charge on any atom is 0.419 e. The summed E-state index contributed by atoms with van der Waals surface area (Å²) >= 11 is 3.16. The van der Waals surface area contributed by atoms with Gasteiger partial charge in [-0.05, 0) is 28.8 Å². The molecule has 2 saturated heterocycles. The Morgan fingerprint density at radius 2 is 1.81 bits per heavy atom. The van der Waals surface area contributed by atoms with Gasteiger partial charge in [-0.2, -0.15) is 18.3 Å². The molecule has 0 spiro atoms. The Hall–Kier alpha value is -2.78. The first kappa shape index (κ1) is 27.3. The number of H-pyrrole nitrogens is 1. The summed E-state index contributed by atoms with van der Waals surface area (Å²) in [4.78, 5) is 36.1. The Balaban J connectivity index is 1.28. The monoisotopic (exact) mass is 590 g/mol. The number of rotatable bonds is 9. The average molecular weight is 591 g/mol. The molecule has 2 atom stereocenters. The molecule has 2 aliphatic heterocycles. The van der Waals surface area contributed by atoms with Gasteiger partial charge >= 0.3 is 6.18 Å². The summed E-state index contributed by atoms with van der Waals surface area (Å²) in [5.41, 5.74) is -1.33. The number of nitrogens with one attached hydrogen (secondary N) is 1. The van der Waals surface area contributed by atoms with Crippen LogP contribution < -0.4 is 15.2 Å². The summed E-state index contributed by atoms with van der Waals surface area (Å²) in [6.45, 7) is 1.84. The zero-order valence-electron chi connectivity index (χ0n) is 19.9. The summed E-state index contributed by atoms with van der Waals surface area (Å²) in [7, 11) is 1.51. The van der Waals surface area contributed by atoms with Crippen LogP contribution >= 0.6 is 15.9 Å². The molecule has 202 valence electrons. The van der Waals surface area contributed by atoms with E-state index in [-0.39, 0.29) is 41.3 Å². The highest BCUT2D eigenvalue weighted by molar-refractivity contribution is 9.10. The number of aromatic amines is 1. The lowest BCUT2D eigenvalue weighted by molar-refractivity contribution is -0.141. The van der Waals surface area contributed by atoms with Crippen molar-refractivity contribution in [3.8, 4) is 5.75 Å². The number of carbonyl (C=O) groups excluding carboxylic acids is 1. The number of halogens is 4. The summed E-state index contributed by atoms with van der Waals surface area (Å²) in [5.74, 6) is 0.365. The second-order valence-corrected chi connectivity index (χ2v) is 9.50. The minimum absolute atomic E-state index is 0.00380. The van der Waals surface area contributed by atoms with Crippen LogP contribution in [-0.2, 0) is 20.4 Å². The minimum Gasteiger partial charge on any atom is -0.483 e. The third-order valence-electron chi connectivity index (χ3n) is 6.24. The molecule has 0 aliphatic carbocycles. The van der Waals surface area contributed by atoms with E-state index >= 15 is 0 Å². The van der Waals surface area contributed by atoms with Gasteiger partial charge in [0.25, 0.3) is 11.5 Å². The molecule has 15 heteroatoms. The predicted molar refractivity (Wildman–Crippen MR) is 127 cm³/mol. The number of aromatic nitrogens is 4. The standard InChI is InChI=1S/C22H26BrF3N6O5/c1-35-11-15(37-17-10-29-30-19(33)18(17)23)12-36-16-4-7-32(20(16)34)14-2-5-31(6-3-14)21-27-8-13(9-28-21)22(24,25)26/h8-10,14-16H,2-7,11-12H2,1H3,(H,30,33)/t15-,16+/m0/s1. The Morgan fingerprint density at radius 3 is 2.46 bits per heavy atom. The molecule has 2 aromatic heterocycles. The lowest BCUT2D eigenvalue weighted by atomic mass is 10.0. The molecule has 0 saturated carbocycles. The number of alkyl halides is 3. The number of carbonyl (C=O) groups is 1. The highest BCUT2D eigenvalue weighted by Gasteiger charge is 2.38. The van der Waals surface area contributed by atoms with Crippen LogP contribution in [0.3, 0.4) is 0 Å². The van der Waals surface area contributed by atoms with Crippen molar-refractivity contribution in [1.29, 1.82) is 0 Å². The lowest BCUT2D eigenvalue weighted by Gasteiger charge is -2.36. The first-order valence-corrected chi connectivity index (χ1v) is 12.4. The largest absolute Gasteiger partial charge is 0.483 e. The fraction of sp³-hybridized carbons (Fsp3) is 0.591. The molecule has 11 nitrogen and oxygen atoms in total. The van der Waals surface area contributed by atoms with Crippen LogP contribution in [0, 0.1) is 0 Å². The maximum atomic E-state index is 13.0. The van der Waals surface area contributed by atoms with Crippen molar-refractivity contribution in [2.75, 3.05) is 44.9 Å². The molecule has 0 aromatic carbocycles. The van der Waals surface area contributed by atoms with Gasteiger partial charge in [0.1, 0.15) is 16.7 Å². The zero-order chi connectivity index (χ0) is 26.6. The molecule has 1 amide bonds. The van der Waals surface area contributed by atoms with Gasteiger partial charge < -0.3 is 24.0 Å².